The summed E-state index contributed by atoms with van der Waals surface area (Å²) in [7, 11) is 0. The molecule has 1 N–H and O–H groups in total. The Bertz CT molecular complexity index is 647. The van der Waals surface area contributed by atoms with Crippen molar-refractivity contribution in [2.75, 3.05) is 0 Å². The number of fused-ring (bicyclic) bond motifs is 1. The van der Waals surface area contributed by atoms with E-state index in [9.17, 15) is 14.7 Å². The van der Waals surface area contributed by atoms with Gasteiger partial charge in [0.15, 0.2) is 0 Å². The number of carbonyl (C=O) groups excluding carboxylic acids is 1. The first-order valence-electron chi connectivity index (χ1n) is 9.44. The Labute approximate surface area is 157 Å². The fourth-order valence-corrected chi connectivity index (χ4v) is 5.26. The van der Waals surface area contributed by atoms with Crippen LogP contribution in [0.4, 0.5) is 0 Å². The molecule has 5 atom stereocenters. The lowest BCUT2D eigenvalue weighted by molar-refractivity contribution is -0.171. The highest BCUT2D eigenvalue weighted by atomic mass is 16.5. The Balaban J connectivity index is 2.48. The molecule has 2 rings (SSSR count). The molecule has 2 aliphatic carbocycles. The zero-order valence-corrected chi connectivity index (χ0v) is 16.5. The number of rotatable bonds is 5. The number of hydrogen-bond donors (Lipinski definition) is 1. The Morgan fingerprint density at radius 1 is 1.31 bits per heavy atom. The van der Waals surface area contributed by atoms with E-state index >= 15 is 0 Å². The SMILES string of the molecule is C=C/C(C)=C/C[C@H]1C(=C)[C@H](OC(C)=O)C[C@@H]2[C@]1(C)CCC[C@]2(C)C(=O)O. The second kappa shape index (κ2) is 7.42. The van der Waals surface area contributed by atoms with Crippen LogP contribution in [0.3, 0.4) is 0 Å². The Hall–Kier alpha value is -1.84. The molecule has 0 aliphatic heterocycles. The summed E-state index contributed by atoms with van der Waals surface area (Å²) in [6.45, 7) is 15.6. The molecule has 4 nitrogen and oxygen atoms in total. The van der Waals surface area contributed by atoms with E-state index in [1.165, 1.54) is 6.92 Å². The first kappa shape index (κ1) is 20.5. The third-order valence-corrected chi connectivity index (χ3v) is 6.88. The van der Waals surface area contributed by atoms with E-state index in [4.69, 9.17) is 4.74 Å². The average Bonchev–Trinajstić information content (AvgIpc) is 2.55. The third kappa shape index (κ3) is 3.51. The molecule has 0 aromatic rings. The normalized spacial score (nSPS) is 37.6. The molecule has 2 saturated carbocycles. The minimum absolute atomic E-state index is 0.0569. The van der Waals surface area contributed by atoms with E-state index in [1.807, 2.05) is 19.9 Å². The molecule has 4 heteroatoms. The maximum atomic E-state index is 12.1. The highest BCUT2D eigenvalue weighted by molar-refractivity contribution is 5.75. The molecule has 144 valence electrons. The number of aliphatic carboxylic acids is 1. The van der Waals surface area contributed by atoms with Crippen molar-refractivity contribution in [2.45, 2.75) is 65.9 Å². The standard InChI is InChI=1S/C22H32O4/c1-7-14(2)9-10-17-15(3)18(26-16(4)23)13-19-21(17,5)11-8-12-22(19,6)20(24)25/h7,9,17-19H,1,3,8,10-13H2,2,4-6H3,(H,24,25)/b14-9+/t17-,18+,19+,21+,22-/m0/s1. The minimum Gasteiger partial charge on any atom is -0.481 e. The number of allylic oxidation sites excluding steroid dienone is 3. The van der Waals surface area contributed by atoms with Gasteiger partial charge in [0.2, 0.25) is 0 Å². The number of esters is 1. The van der Waals surface area contributed by atoms with Crippen LogP contribution in [0.1, 0.15) is 59.8 Å². The second-order valence-corrected chi connectivity index (χ2v) is 8.48. The molecule has 0 aromatic heterocycles. The summed E-state index contributed by atoms with van der Waals surface area (Å²) < 4.78 is 5.56. The van der Waals surface area contributed by atoms with Crippen LogP contribution in [-0.4, -0.2) is 23.1 Å². The van der Waals surface area contributed by atoms with Crippen molar-refractivity contribution in [1.29, 1.82) is 0 Å². The van der Waals surface area contributed by atoms with Crippen LogP contribution in [0.5, 0.6) is 0 Å². The number of carboxylic acid groups (broad SMARTS) is 1. The van der Waals surface area contributed by atoms with Gasteiger partial charge in [0.1, 0.15) is 6.10 Å². The summed E-state index contributed by atoms with van der Waals surface area (Å²) in [4.78, 5) is 23.8. The summed E-state index contributed by atoms with van der Waals surface area (Å²) in [6.07, 6.45) is 7.36. The lowest BCUT2D eigenvalue weighted by Gasteiger charge is -2.58. The van der Waals surface area contributed by atoms with Crippen molar-refractivity contribution in [3.05, 3.63) is 36.5 Å². The van der Waals surface area contributed by atoms with Gasteiger partial charge in [0.05, 0.1) is 5.41 Å². The van der Waals surface area contributed by atoms with Gasteiger partial charge in [-0.15, -0.1) is 0 Å². The zero-order valence-electron chi connectivity index (χ0n) is 16.5. The number of hydrogen-bond acceptors (Lipinski definition) is 3. The van der Waals surface area contributed by atoms with E-state index < -0.39 is 17.5 Å². The summed E-state index contributed by atoms with van der Waals surface area (Å²) in [5, 5.41) is 9.97. The third-order valence-electron chi connectivity index (χ3n) is 6.88. The van der Waals surface area contributed by atoms with Gasteiger partial charge < -0.3 is 9.84 Å². The van der Waals surface area contributed by atoms with Gasteiger partial charge in [-0.2, -0.15) is 0 Å². The molecule has 0 radical (unpaired) electrons. The summed E-state index contributed by atoms with van der Waals surface area (Å²) in [6, 6.07) is 0. The molecular weight excluding hydrogens is 328 g/mol. The van der Waals surface area contributed by atoms with Gasteiger partial charge >= 0.3 is 11.9 Å². The largest absolute Gasteiger partial charge is 0.481 e. The quantitative estimate of drug-likeness (QED) is 0.430. The van der Waals surface area contributed by atoms with Gasteiger partial charge in [-0.3, -0.25) is 9.59 Å². The maximum absolute atomic E-state index is 12.1. The topological polar surface area (TPSA) is 63.6 Å². The van der Waals surface area contributed by atoms with Gasteiger partial charge in [-0.1, -0.05) is 44.2 Å². The fraction of sp³-hybridized carbons (Fsp3) is 0.636. The summed E-state index contributed by atoms with van der Waals surface area (Å²) >= 11 is 0. The van der Waals surface area contributed by atoms with Crippen LogP contribution >= 0.6 is 0 Å². The molecule has 2 aliphatic rings. The molecule has 0 spiro atoms. The van der Waals surface area contributed by atoms with Crippen molar-refractivity contribution >= 4 is 11.9 Å². The monoisotopic (exact) mass is 360 g/mol. The second-order valence-electron chi connectivity index (χ2n) is 8.48. The van der Waals surface area contributed by atoms with Crippen molar-refractivity contribution in [1.82, 2.24) is 0 Å². The fourth-order valence-electron chi connectivity index (χ4n) is 5.26. The summed E-state index contributed by atoms with van der Waals surface area (Å²) in [5.41, 5.74) is 1.03. The van der Waals surface area contributed by atoms with Crippen LogP contribution in [0.15, 0.2) is 36.5 Å². The van der Waals surface area contributed by atoms with Gasteiger partial charge in [-0.25, -0.2) is 0 Å². The number of carboxylic acids is 1. The maximum Gasteiger partial charge on any atom is 0.309 e. The highest BCUT2D eigenvalue weighted by Gasteiger charge is 2.59. The molecule has 0 amide bonds. The van der Waals surface area contributed by atoms with Crippen LogP contribution in [0, 0.1) is 22.7 Å². The van der Waals surface area contributed by atoms with Gasteiger partial charge in [0, 0.05) is 6.92 Å². The van der Waals surface area contributed by atoms with E-state index in [-0.39, 0.29) is 23.2 Å². The zero-order chi connectivity index (χ0) is 19.7. The Morgan fingerprint density at radius 2 is 1.96 bits per heavy atom. The van der Waals surface area contributed by atoms with E-state index in [0.717, 1.165) is 30.4 Å². The first-order chi connectivity index (χ1) is 12.1. The van der Waals surface area contributed by atoms with Crippen molar-refractivity contribution in [2.24, 2.45) is 22.7 Å². The smallest absolute Gasteiger partial charge is 0.309 e. The number of carbonyl (C=O) groups is 2. The predicted molar refractivity (Wildman–Crippen MR) is 103 cm³/mol. The molecule has 0 heterocycles. The van der Waals surface area contributed by atoms with Gasteiger partial charge in [0.25, 0.3) is 0 Å². The molecule has 26 heavy (non-hydrogen) atoms. The molecular formula is C22H32O4. The average molecular weight is 360 g/mol. The number of ether oxygens (including phenoxy) is 1. The van der Waals surface area contributed by atoms with Crippen molar-refractivity contribution in [3.8, 4) is 0 Å². The van der Waals surface area contributed by atoms with Crippen LogP contribution in [0.25, 0.3) is 0 Å². The molecule has 0 aromatic carbocycles. The van der Waals surface area contributed by atoms with Crippen molar-refractivity contribution in [3.63, 3.8) is 0 Å². The lowest BCUT2D eigenvalue weighted by Crippen LogP contribution is -2.56. The Morgan fingerprint density at radius 3 is 2.50 bits per heavy atom. The van der Waals surface area contributed by atoms with Crippen LogP contribution in [-0.2, 0) is 14.3 Å². The van der Waals surface area contributed by atoms with E-state index in [2.05, 4.69) is 26.2 Å². The predicted octanol–water partition coefficient (Wildman–Crippen LogP) is 4.91. The lowest BCUT2D eigenvalue weighted by atomic mass is 9.46. The first-order valence-corrected chi connectivity index (χ1v) is 9.44. The molecule has 0 unspecified atom stereocenters. The van der Waals surface area contributed by atoms with Gasteiger partial charge in [-0.05, 0) is 62.4 Å². The van der Waals surface area contributed by atoms with Crippen LogP contribution in [0.2, 0.25) is 0 Å². The molecule has 2 fully saturated rings. The highest BCUT2D eigenvalue weighted by Crippen LogP contribution is 2.62. The van der Waals surface area contributed by atoms with E-state index in [1.54, 1.807) is 0 Å². The van der Waals surface area contributed by atoms with Crippen LogP contribution < -0.4 is 0 Å². The molecule has 0 saturated heterocycles. The van der Waals surface area contributed by atoms with E-state index in [0.29, 0.717) is 12.8 Å². The Kier molecular flexibility index (Phi) is 5.84. The molecule has 0 bridgehead atoms. The minimum atomic E-state index is -0.804. The van der Waals surface area contributed by atoms with Crippen molar-refractivity contribution < 1.29 is 19.4 Å². The summed E-state index contributed by atoms with van der Waals surface area (Å²) in [5.74, 6) is -1.07.